The number of hydrogen-bond donors (Lipinski definition) is 1. The largest absolute Gasteiger partial charge is 0.383 e. The van der Waals surface area contributed by atoms with Crippen LogP contribution in [0, 0.1) is 5.92 Å². The first-order valence-corrected chi connectivity index (χ1v) is 7.49. The molecule has 1 unspecified atom stereocenters. The molecule has 1 saturated heterocycles. The molecule has 1 aliphatic heterocycles. The molecule has 0 amide bonds. The second-order valence-corrected chi connectivity index (χ2v) is 5.69. The smallest absolute Gasteiger partial charge is 0.145 e. The van der Waals surface area contributed by atoms with Crippen molar-refractivity contribution in [2.75, 3.05) is 18.8 Å². The summed E-state index contributed by atoms with van der Waals surface area (Å²) in [4.78, 5) is 11.6. The number of nitrogen functional groups attached to an aromatic ring is 1. The number of likely N-dealkylation sites (tertiary alicyclic amines) is 1. The number of rotatable bonds is 3. The molecule has 4 nitrogen and oxygen atoms in total. The summed E-state index contributed by atoms with van der Waals surface area (Å²) < 4.78 is 0. The average Bonchev–Trinajstić information content (AvgIpc) is 2.47. The van der Waals surface area contributed by atoms with E-state index in [1.807, 2.05) is 24.3 Å². The zero-order valence-electron chi connectivity index (χ0n) is 12.0. The van der Waals surface area contributed by atoms with E-state index in [4.69, 9.17) is 5.73 Å². The second-order valence-electron chi connectivity index (χ2n) is 5.69. The van der Waals surface area contributed by atoms with Crippen molar-refractivity contribution in [3.05, 3.63) is 30.1 Å². The molecule has 2 N–H and O–H groups in total. The van der Waals surface area contributed by atoms with Gasteiger partial charge in [0.25, 0.3) is 0 Å². The number of aromatic nitrogens is 2. The van der Waals surface area contributed by atoms with Crippen LogP contribution >= 0.6 is 0 Å². The normalized spacial score (nSPS) is 20.4. The number of para-hydroxylation sites is 1. The van der Waals surface area contributed by atoms with Crippen LogP contribution in [-0.2, 0) is 6.54 Å². The molecule has 0 saturated carbocycles. The summed E-state index contributed by atoms with van der Waals surface area (Å²) in [6, 6.07) is 7.94. The predicted octanol–water partition coefficient (Wildman–Crippen LogP) is 2.83. The van der Waals surface area contributed by atoms with Gasteiger partial charge in [-0.1, -0.05) is 25.5 Å². The Bertz CT molecular complexity index is 596. The Labute approximate surface area is 120 Å². The Kier molecular flexibility index (Phi) is 3.83. The van der Waals surface area contributed by atoms with E-state index in [9.17, 15) is 0 Å². The number of nitrogens with zero attached hydrogens (tertiary/aromatic N) is 3. The fourth-order valence-corrected chi connectivity index (χ4v) is 3.05. The van der Waals surface area contributed by atoms with E-state index in [1.54, 1.807) is 0 Å². The molecule has 2 heterocycles. The number of anilines is 1. The minimum Gasteiger partial charge on any atom is -0.383 e. The number of fused-ring (bicyclic) bond motifs is 1. The standard InChI is InChI=1S/C16H22N4/c1-2-12-6-5-9-20(10-12)11-15-18-14-8-4-3-7-13(14)16(17)19-15/h3-4,7-8,12H,2,5-6,9-11H2,1H3,(H2,17,18,19). The van der Waals surface area contributed by atoms with Crippen molar-refractivity contribution >= 4 is 16.7 Å². The average molecular weight is 270 g/mol. The Balaban J connectivity index is 1.80. The zero-order valence-corrected chi connectivity index (χ0v) is 12.0. The Hall–Kier alpha value is -1.68. The summed E-state index contributed by atoms with van der Waals surface area (Å²) >= 11 is 0. The first kappa shape index (κ1) is 13.3. The zero-order chi connectivity index (χ0) is 13.9. The minimum absolute atomic E-state index is 0.592. The van der Waals surface area contributed by atoms with Crippen LogP contribution in [0.25, 0.3) is 10.9 Å². The molecule has 0 radical (unpaired) electrons. The van der Waals surface area contributed by atoms with Gasteiger partial charge < -0.3 is 5.73 Å². The minimum atomic E-state index is 0.592. The lowest BCUT2D eigenvalue weighted by molar-refractivity contribution is 0.161. The van der Waals surface area contributed by atoms with Crippen molar-refractivity contribution in [1.29, 1.82) is 0 Å². The molecule has 1 aromatic carbocycles. The molecule has 4 heteroatoms. The monoisotopic (exact) mass is 270 g/mol. The summed E-state index contributed by atoms with van der Waals surface area (Å²) in [5, 5.41) is 0.946. The maximum Gasteiger partial charge on any atom is 0.145 e. The molecule has 1 aromatic heterocycles. The molecular formula is C16H22N4. The highest BCUT2D eigenvalue weighted by Crippen LogP contribution is 2.22. The van der Waals surface area contributed by atoms with Crippen molar-refractivity contribution < 1.29 is 0 Å². The van der Waals surface area contributed by atoms with E-state index >= 15 is 0 Å². The third-order valence-corrected chi connectivity index (χ3v) is 4.22. The SMILES string of the molecule is CCC1CCCN(Cc2nc(N)c3ccccc3n2)C1. The summed E-state index contributed by atoms with van der Waals surface area (Å²) in [5.41, 5.74) is 6.99. The van der Waals surface area contributed by atoms with Crippen LogP contribution in [0.5, 0.6) is 0 Å². The van der Waals surface area contributed by atoms with E-state index < -0.39 is 0 Å². The highest BCUT2D eigenvalue weighted by molar-refractivity contribution is 5.87. The van der Waals surface area contributed by atoms with Gasteiger partial charge in [-0.25, -0.2) is 9.97 Å². The molecular weight excluding hydrogens is 248 g/mol. The van der Waals surface area contributed by atoms with Crippen LogP contribution in [0.4, 0.5) is 5.82 Å². The van der Waals surface area contributed by atoms with Gasteiger partial charge in [-0.3, -0.25) is 4.90 Å². The number of benzene rings is 1. The Morgan fingerprint density at radius 2 is 2.15 bits per heavy atom. The van der Waals surface area contributed by atoms with Gasteiger partial charge in [-0.2, -0.15) is 0 Å². The van der Waals surface area contributed by atoms with Crippen molar-refractivity contribution in [3.8, 4) is 0 Å². The maximum absolute atomic E-state index is 6.05. The van der Waals surface area contributed by atoms with Crippen LogP contribution in [0.2, 0.25) is 0 Å². The van der Waals surface area contributed by atoms with Crippen molar-refractivity contribution in [1.82, 2.24) is 14.9 Å². The molecule has 3 rings (SSSR count). The van der Waals surface area contributed by atoms with Crippen LogP contribution in [0.3, 0.4) is 0 Å². The van der Waals surface area contributed by atoms with Gasteiger partial charge in [0.05, 0.1) is 12.1 Å². The van der Waals surface area contributed by atoms with Gasteiger partial charge in [0.15, 0.2) is 0 Å². The van der Waals surface area contributed by atoms with Crippen molar-refractivity contribution in [2.45, 2.75) is 32.7 Å². The van der Waals surface area contributed by atoms with E-state index in [0.717, 1.165) is 42.3 Å². The van der Waals surface area contributed by atoms with Gasteiger partial charge in [-0.15, -0.1) is 0 Å². The third kappa shape index (κ3) is 2.75. The fraction of sp³-hybridized carbons (Fsp3) is 0.500. The molecule has 1 aliphatic rings. The maximum atomic E-state index is 6.05. The lowest BCUT2D eigenvalue weighted by Crippen LogP contribution is -2.35. The summed E-state index contributed by atoms with van der Waals surface area (Å²) in [7, 11) is 0. The van der Waals surface area contributed by atoms with Crippen molar-refractivity contribution in [3.63, 3.8) is 0 Å². The molecule has 0 spiro atoms. The molecule has 20 heavy (non-hydrogen) atoms. The topological polar surface area (TPSA) is 55.0 Å². The molecule has 0 bridgehead atoms. The lowest BCUT2D eigenvalue weighted by Gasteiger charge is -2.31. The van der Waals surface area contributed by atoms with E-state index in [1.165, 1.54) is 19.3 Å². The second kappa shape index (κ2) is 5.75. The predicted molar refractivity (Wildman–Crippen MR) is 82.2 cm³/mol. The molecule has 1 atom stereocenters. The molecule has 1 fully saturated rings. The molecule has 0 aliphatic carbocycles. The van der Waals surface area contributed by atoms with Crippen LogP contribution in [0.15, 0.2) is 24.3 Å². The van der Waals surface area contributed by atoms with Gasteiger partial charge in [0, 0.05) is 11.9 Å². The summed E-state index contributed by atoms with van der Waals surface area (Å²) in [6.45, 7) is 5.39. The first-order valence-electron chi connectivity index (χ1n) is 7.49. The Morgan fingerprint density at radius 1 is 1.30 bits per heavy atom. The van der Waals surface area contributed by atoms with Gasteiger partial charge in [0.2, 0.25) is 0 Å². The van der Waals surface area contributed by atoms with E-state index in [2.05, 4.69) is 21.8 Å². The number of hydrogen-bond acceptors (Lipinski definition) is 4. The summed E-state index contributed by atoms with van der Waals surface area (Å²) in [6.07, 6.45) is 3.90. The van der Waals surface area contributed by atoms with Gasteiger partial charge >= 0.3 is 0 Å². The fourth-order valence-electron chi connectivity index (χ4n) is 3.05. The van der Waals surface area contributed by atoms with Crippen molar-refractivity contribution in [2.24, 2.45) is 5.92 Å². The highest BCUT2D eigenvalue weighted by Gasteiger charge is 2.19. The van der Waals surface area contributed by atoms with E-state index in [-0.39, 0.29) is 0 Å². The lowest BCUT2D eigenvalue weighted by atomic mass is 9.96. The van der Waals surface area contributed by atoms with Gasteiger partial charge in [-0.05, 0) is 37.4 Å². The number of nitrogens with two attached hydrogens (primary N) is 1. The number of piperidine rings is 1. The van der Waals surface area contributed by atoms with Crippen LogP contribution in [0.1, 0.15) is 32.0 Å². The molecule has 2 aromatic rings. The highest BCUT2D eigenvalue weighted by atomic mass is 15.2. The van der Waals surface area contributed by atoms with Crippen LogP contribution in [-0.4, -0.2) is 28.0 Å². The Morgan fingerprint density at radius 3 is 3.00 bits per heavy atom. The summed E-state index contributed by atoms with van der Waals surface area (Å²) in [5.74, 6) is 2.26. The van der Waals surface area contributed by atoms with Gasteiger partial charge in [0.1, 0.15) is 11.6 Å². The van der Waals surface area contributed by atoms with E-state index in [0.29, 0.717) is 5.82 Å². The quantitative estimate of drug-likeness (QED) is 0.931. The molecule has 106 valence electrons. The van der Waals surface area contributed by atoms with Crippen LogP contribution < -0.4 is 5.73 Å². The third-order valence-electron chi connectivity index (χ3n) is 4.22. The first-order chi connectivity index (χ1) is 9.76.